The van der Waals surface area contributed by atoms with Crippen molar-refractivity contribution in [3.63, 3.8) is 0 Å². The predicted molar refractivity (Wildman–Crippen MR) is 88.0 cm³/mol. The number of methoxy groups -OCH3 is 1. The molecule has 0 saturated carbocycles. The van der Waals surface area contributed by atoms with Crippen LogP contribution < -0.4 is 15.4 Å². The Bertz CT molecular complexity index is 483. The summed E-state index contributed by atoms with van der Waals surface area (Å²) >= 11 is 0. The summed E-state index contributed by atoms with van der Waals surface area (Å²) in [7, 11) is 1.63. The third kappa shape index (κ3) is 5.22. The van der Waals surface area contributed by atoms with Crippen LogP contribution in [0.1, 0.15) is 45.7 Å². The molecule has 1 aromatic rings. The molecule has 5 heteroatoms. The van der Waals surface area contributed by atoms with Crippen LogP contribution in [0.3, 0.4) is 0 Å². The third-order valence-corrected chi connectivity index (χ3v) is 3.53. The minimum atomic E-state index is -0.244. The molecular formula is C17H28N2O3. The van der Waals surface area contributed by atoms with Gasteiger partial charge in [0.05, 0.1) is 13.2 Å². The zero-order valence-electron chi connectivity index (χ0n) is 14.1. The number of hydrogen-bond donors (Lipinski definition) is 3. The van der Waals surface area contributed by atoms with Crippen LogP contribution in [-0.4, -0.2) is 30.9 Å². The highest BCUT2D eigenvalue weighted by Gasteiger charge is 2.30. The first-order valence-corrected chi connectivity index (χ1v) is 7.60. The van der Waals surface area contributed by atoms with Gasteiger partial charge in [-0.3, -0.25) is 0 Å². The lowest BCUT2D eigenvalue weighted by Gasteiger charge is -2.33. The van der Waals surface area contributed by atoms with Gasteiger partial charge in [0.25, 0.3) is 0 Å². The second kappa shape index (κ2) is 8.03. The van der Waals surface area contributed by atoms with E-state index in [-0.39, 0.29) is 30.1 Å². The van der Waals surface area contributed by atoms with Crippen molar-refractivity contribution < 1.29 is 14.6 Å². The van der Waals surface area contributed by atoms with Crippen LogP contribution >= 0.6 is 0 Å². The van der Waals surface area contributed by atoms with Crippen LogP contribution in [0.4, 0.5) is 4.79 Å². The Balaban J connectivity index is 2.93. The standard InChI is InChI=1S/C17H28N2O3/c1-12(10-11-20)18-16(21)19-15(17(2,3)4)13-8-6-7-9-14(13)22-5/h6-9,12,15,20H,10-11H2,1-5H3,(H2,18,19,21)/t12-,15?/m1/s1. The second-order valence-corrected chi connectivity index (χ2v) is 6.57. The van der Waals surface area contributed by atoms with Gasteiger partial charge in [-0.2, -0.15) is 0 Å². The van der Waals surface area contributed by atoms with E-state index in [2.05, 4.69) is 31.4 Å². The van der Waals surface area contributed by atoms with Gasteiger partial charge in [0, 0.05) is 18.2 Å². The molecule has 0 bridgehead atoms. The molecule has 1 rings (SSSR count). The normalized spacial score (nSPS) is 14.1. The van der Waals surface area contributed by atoms with E-state index in [0.29, 0.717) is 6.42 Å². The summed E-state index contributed by atoms with van der Waals surface area (Å²) in [6, 6.07) is 7.18. The molecule has 5 nitrogen and oxygen atoms in total. The van der Waals surface area contributed by atoms with Gasteiger partial charge in [-0.05, 0) is 24.8 Å². The first-order valence-electron chi connectivity index (χ1n) is 7.60. The molecule has 1 unspecified atom stereocenters. The van der Waals surface area contributed by atoms with E-state index in [1.807, 2.05) is 31.2 Å². The maximum atomic E-state index is 12.2. The monoisotopic (exact) mass is 308 g/mol. The molecule has 0 aliphatic rings. The molecule has 2 atom stereocenters. The van der Waals surface area contributed by atoms with Crippen molar-refractivity contribution in [2.45, 2.75) is 46.2 Å². The average molecular weight is 308 g/mol. The van der Waals surface area contributed by atoms with Crippen molar-refractivity contribution in [1.29, 1.82) is 0 Å². The Morgan fingerprint density at radius 1 is 1.27 bits per heavy atom. The number of para-hydroxylation sites is 1. The number of benzene rings is 1. The van der Waals surface area contributed by atoms with Crippen LogP contribution in [0.25, 0.3) is 0 Å². The molecule has 0 aromatic heterocycles. The molecule has 3 N–H and O–H groups in total. The number of rotatable bonds is 6. The van der Waals surface area contributed by atoms with E-state index in [4.69, 9.17) is 9.84 Å². The number of aliphatic hydroxyl groups excluding tert-OH is 1. The molecule has 0 saturated heterocycles. The van der Waals surface area contributed by atoms with Crippen molar-refractivity contribution in [2.75, 3.05) is 13.7 Å². The van der Waals surface area contributed by atoms with Crippen molar-refractivity contribution in [3.8, 4) is 5.75 Å². The molecule has 0 fully saturated rings. The minimum absolute atomic E-state index is 0.0522. The Labute approximate surface area is 133 Å². The zero-order chi connectivity index (χ0) is 16.8. The lowest BCUT2D eigenvalue weighted by molar-refractivity contribution is 0.210. The van der Waals surface area contributed by atoms with Crippen LogP contribution in [0.15, 0.2) is 24.3 Å². The maximum absolute atomic E-state index is 12.2. The Morgan fingerprint density at radius 3 is 2.45 bits per heavy atom. The lowest BCUT2D eigenvalue weighted by atomic mass is 9.82. The van der Waals surface area contributed by atoms with E-state index in [9.17, 15) is 4.79 Å². The summed E-state index contributed by atoms with van der Waals surface area (Å²) in [6.45, 7) is 8.13. The van der Waals surface area contributed by atoms with Gasteiger partial charge in [-0.15, -0.1) is 0 Å². The summed E-state index contributed by atoms with van der Waals surface area (Å²) in [5, 5.41) is 14.8. The molecule has 0 aliphatic carbocycles. The quantitative estimate of drug-likeness (QED) is 0.757. The highest BCUT2D eigenvalue weighted by Crippen LogP contribution is 2.37. The first kappa shape index (κ1) is 18.3. The summed E-state index contributed by atoms with van der Waals surface area (Å²) in [6.07, 6.45) is 0.530. The largest absolute Gasteiger partial charge is 0.496 e. The molecular weight excluding hydrogens is 280 g/mol. The number of ether oxygens (including phenoxy) is 1. The van der Waals surface area contributed by atoms with E-state index < -0.39 is 0 Å². The average Bonchev–Trinajstić information content (AvgIpc) is 2.43. The van der Waals surface area contributed by atoms with E-state index in [0.717, 1.165) is 11.3 Å². The van der Waals surface area contributed by atoms with Gasteiger partial charge in [0.1, 0.15) is 5.75 Å². The minimum Gasteiger partial charge on any atom is -0.496 e. The van der Waals surface area contributed by atoms with Crippen LogP contribution in [0, 0.1) is 5.41 Å². The Hall–Kier alpha value is -1.75. The Kier molecular flexibility index (Phi) is 6.68. The predicted octanol–water partition coefficient (Wildman–Crippen LogP) is 2.85. The molecule has 22 heavy (non-hydrogen) atoms. The molecule has 0 aliphatic heterocycles. The number of hydrogen-bond acceptors (Lipinski definition) is 3. The fraction of sp³-hybridized carbons (Fsp3) is 0.588. The maximum Gasteiger partial charge on any atom is 0.315 e. The molecule has 124 valence electrons. The number of nitrogens with one attached hydrogen (secondary N) is 2. The van der Waals surface area contributed by atoms with E-state index >= 15 is 0 Å². The number of carbonyl (C=O) groups is 1. The van der Waals surface area contributed by atoms with Gasteiger partial charge in [-0.25, -0.2) is 4.79 Å². The fourth-order valence-corrected chi connectivity index (χ4v) is 2.33. The highest BCUT2D eigenvalue weighted by molar-refractivity contribution is 5.75. The summed E-state index contributed by atoms with van der Waals surface area (Å²) in [5.41, 5.74) is 0.772. The smallest absolute Gasteiger partial charge is 0.315 e. The Morgan fingerprint density at radius 2 is 1.91 bits per heavy atom. The highest BCUT2D eigenvalue weighted by atomic mass is 16.5. The van der Waals surface area contributed by atoms with Crippen molar-refractivity contribution in [1.82, 2.24) is 10.6 Å². The van der Waals surface area contributed by atoms with Gasteiger partial charge >= 0.3 is 6.03 Å². The molecule has 1 aromatic carbocycles. The SMILES string of the molecule is COc1ccccc1C(NC(=O)N[C@H](C)CCO)C(C)(C)C. The summed E-state index contributed by atoms with van der Waals surface area (Å²) < 4.78 is 5.42. The van der Waals surface area contributed by atoms with Crippen molar-refractivity contribution in [2.24, 2.45) is 5.41 Å². The van der Waals surface area contributed by atoms with Crippen molar-refractivity contribution >= 4 is 6.03 Å². The molecule has 0 heterocycles. The number of aliphatic hydroxyl groups is 1. The van der Waals surface area contributed by atoms with Gasteiger partial charge in [-0.1, -0.05) is 39.0 Å². The summed E-state index contributed by atoms with van der Waals surface area (Å²) in [5.74, 6) is 0.756. The van der Waals surface area contributed by atoms with E-state index in [1.165, 1.54) is 0 Å². The number of amides is 2. The van der Waals surface area contributed by atoms with Gasteiger partial charge in [0.15, 0.2) is 0 Å². The summed E-state index contributed by atoms with van der Waals surface area (Å²) in [4.78, 5) is 12.2. The molecule has 0 spiro atoms. The van der Waals surface area contributed by atoms with Gasteiger partial charge in [0.2, 0.25) is 0 Å². The number of carbonyl (C=O) groups excluding carboxylic acids is 1. The zero-order valence-corrected chi connectivity index (χ0v) is 14.1. The third-order valence-electron chi connectivity index (χ3n) is 3.53. The fourth-order valence-electron chi connectivity index (χ4n) is 2.33. The topological polar surface area (TPSA) is 70.6 Å². The van der Waals surface area contributed by atoms with Crippen LogP contribution in [0.5, 0.6) is 5.75 Å². The molecule has 2 amide bonds. The van der Waals surface area contributed by atoms with Crippen LogP contribution in [0.2, 0.25) is 0 Å². The second-order valence-electron chi connectivity index (χ2n) is 6.57. The first-order chi connectivity index (χ1) is 10.3. The van der Waals surface area contributed by atoms with Gasteiger partial charge < -0.3 is 20.5 Å². The van der Waals surface area contributed by atoms with Crippen LogP contribution in [-0.2, 0) is 0 Å². The number of urea groups is 1. The lowest BCUT2D eigenvalue weighted by Crippen LogP contribution is -2.45. The van der Waals surface area contributed by atoms with E-state index in [1.54, 1.807) is 7.11 Å². The van der Waals surface area contributed by atoms with Crippen molar-refractivity contribution in [3.05, 3.63) is 29.8 Å². The molecule has 0 radical (unpaired) electrons.